The van der Waals surface area contributed by atoms with Crippen LogP contribution in [0.25, 0.3) is 0 Å². The number of hydrogen-bond acceptors (Lipinski definition) is 5. The lowest BCUT2D eigenvalue weighted by Gasteiger charge is -2.19. The van der Waals surface area contributed by atoms with Crippen LogP contribution in [0.15, 0.2) is 42.6 Å². The highest BCUT2D eigenvalue weighted by atomic mass is 16.5. The molecule has 5 N–H and O–H groups in total. The molecule has 1 aromatic heterocycles. The average molecular weight is 272 g/mol. The zero-order chi connectivity index (χ0) is 14.4. The van der Waals surface area contributed by atoms with E-state index >= 15 is 0 Å². The number of para-hydroxylation sites is 1. The minimum Gasteiger partial charge on any atom is -0.494 e. The molecule has 0 saturated carbocycles. The SMILES string of the molecule is Cc1ccnc(N)c1C(CCOc1ccccc1)NN. The highest BCUT2D eigenvalue weighted by Gasteiger charge is 2.16. The quantitative estimate of drug-likeness (QED) is 0.552. The molecule has 1 heterocycles. The summed E-state index contributed by atoms with van der Waals surface area (Å²) in [6.07, 6.45) is 2.41. The normalized spacial score (nSPS) is 12.1. The Morgan fingerprint density at radius 2 is 2.00 bits per heavy atom. The molecule has 0 amide bonds. The van der Waals surface area contributed by atoms with E-state index < -0.39 is 0 Å². The van der Waals surface area contributed by atoms with Crippen LogP contribution in [-0.2, 0) is 0 Å². The number of anilines is 1. The van der Waals surface area contributed by atoms with E-state index in [0.717, 1.165) is 16.9 Å². The van der Waals surface area contributed by atoms with Gasteiger partial charge in [0.2, 0.25) is 0 Å². The molecule has 2 aromatic rings. The Kier molecular flexibility index (Phi) is 4.92. The Bertz CT molecular complexity index is 525. The van der Waals surface area contributed by atoms with E-state index in [2.05, 4.69) is 10.4 Å². The average Bonchev–Trinajstić information content (AvgIpc) is 2.46. The van der Waals surface area contributed by atoms with Gasteiger partial charge in [0.25, 0.3) is 0 Å². The van der Waals surface area contributed by atoms with Crippen molar-refractivity contribution in [1.29, 1.82) is 0 Å². The Balaban J connectivity index is 1.99. The van der Waals surface area contributed by atoms with Crippen molar-refractivity contribution in [2.24, 2.45) is 5.84 Å². The van der Waals surface area contributed by atoms with Crippen molar-refractivity contribution >= 4 is 5.82 Å². The van der Waals surface area contributed by atoms with Crippen molar-refractivity contribution in [1.82, 2.24) is 10.4 Å². The highest BCUT2D eigenvalue weighted by Crippen LogP contribution is 2.24. The summed E-state index contributed by atoms with van der Waals surface area (Å²) in [6, 6.07) is 11.5. The van der Waals surface area contributed by atoms with Crippen LogP contribution in [-0.4, -0.2) is 11.6 Å². The van der Waals surface area contributed by atoms with Crippen molar-refractivity contribution in [2.45, 2.75) is 19.4 Å². The molecule has 0 bridgehead atoms. The maximum atomic E-state index is 5.93. The lowest BCUT2D eigenvalue weighted by molar-refractivity contribution is 0.287. The molecule has 106 valence electrons. The molecular weight excluding hydrogens is 252 g/mol. The number of aryl methyl sites for hydroxylation is 1. The molecule has 0 aliphatic carbocycles. The van der Waals surface area contributed by atoms with Gasteiger partial charge in [0.15, 0.2) is 0 Å². The molecule has 0 radical (unpaired) electrons. The smallest absolute Gasteiger partial charge is 0.128 e. The number of aromatic nitrogens is 1. The first-order chi connectivity index (χ1) is 9.72. The summed E-state index contributed by atoms with van der Waals surface area (Å²) in [5.74, 6) is 6.99. The van der Waals surface area contributed by atoms with Crippen molar-refractivity contribution < 1.29 is 4.74 Å². The Labute approximate surface area is 118 Å². The molecule has 0 fully saturated rings. The summed E-state index contributed by atoms with van der Waals surface area (Å²) in [4.78, 5) is 4.12. The predicted molar refractivity (Wildman–Crippen MR) is 80.0 cm³/mol. The highest BCUT2D eigenvalue weighted by molar-refractivity contribution is 5.46. The number of nitrogens with one attached hydrogen (secondary N) is 1. The van der Waals surface area contributed by atoms with Gasteiger partial charge in [-0.05, 0) is 30.7 Å². The standard InChI is InChI=1S/C15H20N4O/c1-11-7-9-18-15(16)14(11)13(19-17)8-10-20-12-5-3-2-4-6-12/h2-7,9,13,19H,8,10,17H2,1H3,(H2,16,18). The summed E-state index contributed by atoms with van der Waals surface area (Å²) in [7, 11) is 0. The van der Waals surface area contributed by atoms with Gasteiger partial charge in [0, 0.05) is 18.2 Å². The summed E-state index contributed by atoms with van der Waals surface area (Å²) in [5.41, 5.74) is 10.7. The summed E-state index contributed by atoms with van der Waals surface area (Å²) >= 11 is 0. The first-order valence-corrected chi connectivity index (χ1v) is 6.57. The first kappa shape index (κ1) is 14.3. The van der Waals surface area contributed by atoms with Gasteiger partial charge in [-0.3, -0.25) is 11.3 Å². The lowest BCUT2D eigenvalue weighted by Crippen LogP contribution is -2.30. The molecule has 20 heavy (non-hydrogen) atoms. The zero-order valence-electron chi connectivity index (χ0n) is 11.5. The van der Waals surface area contributed by atoms with Crippen LogP contribution < -0.4 is 21.7 Å². The van der Waals surface area contributed by atoms with Crippen LogP contribution >= 0.6 is 0 Å². The van der Waals surface area contributed by atoms with Crippen molar-refractivity contribution in [3.63, 3.8) is 0 Å². The largest absolute Gasteiger partial charge is 0.494 e. The number of benzene rings is 1. The van der Waals surface area contributed by atoms with Crippen LogP contribution in [0.3, 0.4) is 0 Å². The number of ether oxygens (including phenoxy) is 1. The molecule has 0 aliphatic rings. The number of hydrazine groups is 1. The fraction of sp³-hybridized carbons (Fsp3) is 0.267. The van der Waals surface area contributed by atoms with E-state index in [9.17, 15) is 0 Å². The number of hydrogen-bond donors (Lipinski definition) is 3. The molecule has 1 aromatic carbocycles. The van der Waals surface area contributed by atoms with E-state index in [0.29, 0.717) is 18.8 Å². The molecule has 1 unspecified atom stereocenters. The van der Waals surface area contributed by atoms with Gasteiger partial charge in [0.1, 0.15) is 11.6 Å². The van der Waals surface area contributed by atoms with Crippen LogP contribution in [0.2, 0.25) is 0 Å². The number of pyridine rings is 1. The van der Waals surface area contributed by atoms with E-state index in [-0.39, 0.29) is 6.04 Å². The second-order valence-corrected chi connectivity index (χ2v) is 4.60. The van der Waals surface area contributed by atoms with Gasteiger partial charge in [-0.15, -0.1) is 0 Å². The number of nitrogens with two attached hydrogens (primary N) is 2. The van der Waals surface area contributed by atoms with Gasteiger partial charge in [-0.2, -0.15) is 0 Å². The fourth-order valence-electron chi connectivity index (χ4n) is 2.17. The third-order valence-electron chi connectivity index (χ3n) is 3.21. The Hall–Kier alpha value is -2.11. The molecule has 2 rings (SSSR count). The Morgan fingerprint density at radius 3 is 2.65 bits per heavy atom. The van der Waals surface area contributed by atoms with E-state index in [1.165, 1.54) is 0 Å². The molecular formula is C15H20N4O. The molecule has 0 aliphatic heterocycles. The van der Waals surface area contributed by atoms with Crippen molar-refractivity contribution in [2.75, 3.05) is 12.3 Å². The van der Waals surface area contributed by atoms with Crippen LogP contribution in [0, 0.1) is 6.92 Å². The maximum absolute atomic E-state index is 5.93. The van der Waals surface area contributed by atoms with Crippen molar-refractivity contribution in [3.05, 3.63) is 53.7 Å². The third-order valence-corrected chi connectivity index (χ3v) is 3.21. The number of nitrogens with zero attached hydrogens (tertiary/aromatic N) is 1. The van der Waals surface area contributed by atoms with Crippen LogP contribution in [0.1, 0.15) is 23.6 Å². The van der Waals surface area contributed by atoms with Gasteiger partial charge >= 0.3 is 0 Å². The minimum absolute atomic E-state index is 0.0765. The molecule has 5 nitrogen and oxygen atoms in total. The number of nitrogen functional groups attached to an aromatic ring is 1. The minimum atomic E-state index is -0.0765. The van der Waals surface area contributed by atoms with Gasteiger partial charge < -0.3 is 10.5 Å². The predicted octanol–water partition coefficient (Wildman–Crippen LogP) is 1.95. The second-order valence-electron chi connectivity index (χ2n) is 4.60. The van der Waals surface area contributed by atoms with Gasteiger partial charge in [0.05, 0.1) is 12.6 Å². The molecule has 0 saturated heterocycles. The lowest BCUT2D eigenvalue weighted by atomic mass is 10.0. The zero-order valence-corrected chi connectivity index (χ0v) is 11.5. The van der Waals surface area contributed by atoms with E-state index in [1.807, 2.05) is 43.3 Å². The van der Waals surface area contributed by atoms with Gasteiger partial charge in [-0.25, -0.2) is 4.98 Å². The molecule has 5 heteroatoms. The van der Waals surface area contributed by atoms with Crippen LogP contribution in [0.4, 0.5) is 5.82 Å². The van der Waals surface area contributed by atoms with E-state index in [1.54, 1.807) is 6.20 Å². The molecule has 1 atom stereocenters. The summed E-state index contributed by atoms with van der Waals surface area (Å²) < 4.78 is 5.68. The second kappa shape index (κ2) is 6.88. The number of rotatable bonds is 6. The summed E-state index contributed by atoms with van der Waals surface area (Å²) in [6.45, 7) is 2.54. The Morgan fingerprint density at radius 1 is 1.25 bits per heavy atom. The van der Waals surface area contributed by atoms with Gasteiger partial charge in [-0.1, -0.05) is 18.2 Å². The topological polar surface area (TPSA) is 86.2 Å². The fourth-order valence-corrected chi connectivity index (χ4v) is 2.17. The monoisotopic (exact) mass is 272 g/mol. The maximum Gasteiger partial charge on any atom is 0.128 e. The van der Waals surface area contributed by atoms with Crippen molar-refractivity contribution in [3.8, 4) is 5.75 Å². The first-order valence-electron chi connectivity index (χ1n) is 6.57. The van der Waals surface area contributed by atoms with E-state index in [4.69, 9.17) is 16.3 Å². The summed E-state index contributed by atoms with van der Waals surface area (Å²) in [5, 5.41) is 0. The van der Waals surface area contributed by atoms with Crippen LogP contribution in [0.5, 0.6) is 5.75 Å². The molecule has 0 spiro atoms. The third kappa shape index (κ3) is 3.46.